The van der Waals surface area contributed by atoms with Gasteiger partial charge in [-0.05, 0) is 29.7 Å². The molecule has 0 radical (unpaired) electrons. The number of ether oxygens (including phenoxy) is 1. The summed E-state index contributed by atoms with van der Waals surface area (Å²) < 4.78 is 18.6. The number of benzene rings is 1. The van der Waals surface area contributed by atoms with Crippen molar-refractivity contribution in [2.45, 2.75) is 32.1 Å². The van der Waals surface area contributed by atoms with E-state index in [1.165, 1.54) is 12.1 Å². The number of fused-ring (bicyclic) bond motifs is 1. The zero-order valence-corrected chi connectivity index (χ0v) is 8.16. The molecule has 1 aromatic carbocycles. The minimum atomic E-state index is -0.226. The first-order valence-corrected chi connectivity index (χ1v) is 4.88. The highest BCUT2D eigenvalue weighted by Gasteiger charge is 2.26. The number of halogens is 1. The van der Waals surface area contributed by atoms with Crippen LogP contribution in [0.3, 0.4) is 0 Å². The van der Waals surface area contributed by atoms with Crippen LogP contribution in [-0.2, 0) is 11.3 Å². The second-order valence-electron chi connectivity index (χ2n) is 3.63. The van der Waals surface area contributed by atoms with Crippen molar-refractivity contribution in [3.8, 4) is 0 Å². The van der Waals surface area contributed by atoms with Gasteiger partial charge in [-0.25, -0.2) is 4.39 Å². The quantitative estimate of drug-likeness (QED) is 0.745. The van der Waals surface area contributed by atoms with E-state index in [9.17, 15) is 4.39 Å². The normalized spacial score (nSPS) is 25.9. The van der Waals surface area contributed by atoms with Crippen molar-refractivity contribution in [2.75, 3.05) is 0 Å². The van der Waals surface area contributed by atoms with Gasteiger partial charge in [0.2, 0.25) is 0 Å². The Morgan fingerprint density at radius 3 is 3.07 bits per heavy atom. The molecule has 0 bridgehead atoms. The summed E-state index contributed by atoms with van der Waals surface area (Å²) in [5.41, 5.74) is 7.87. The molecule has 0 aliphatic carbocycles. The van der Waals surface area contributed by atoms with Gasteiger partial charge >= 0.3 is 0 Å². The highest BCUT2D eigenvalue weighted by molar-refractivity contribution is 5.32. The maximum atomic E-state index is 13.0. The van der Waals surface area contributed by atoms with Crippen LogP contribution in [0.5, 0.6) is 0 Å². The number of hydrogen-bond donors (Lipinski definition) is 1. The highest BCUT2D eigenvalue weighted by Crippen LogP contribution is 2.29. The maximum Gasteiger partial charge on any atom is 0.123 e. The molecule has 0 aromatic heterocycles. The van der Waals surface area contributed by atoms with Crippen molar-refractivity contribution in [1.82, 2.24) is 0 Å². The van der Waals surface area contributed by atoms with Crippen molar-refractivity contribution in [3.05, 3.63) is 35.1 Å². The van der Waals surface area contributed by atoms with Crippen molar-refractivity contribution in [3.63, 3.8) is 0 Å². The van der Waals surface area contributed by atoms with Crippen LogP contribution in [0.2, 0.25) is 0 Å². The largest absolute Gasteiger partial charge is 0.372 e. The molecule has 1 aromatic rings. The zero-order chi connectivity index (χ0) is 10.1. The van der Waals surface area contributed by atoms with E-state index in [0.29, 0.717) is 6.61 Å². The molecular weight excluding hydrogens is 181 g/mol. The van der Waals surface area contributed by atoms with E-state index in [1.54, 1.807) is 6.07 Å². The van der Waals surface area contributed by atoms with E-state index >= 15 is 0 Å². The van der Waals surface area contributed by atoms with Gasteiger partial charge in [0.15, 0.2) is 0 Å². The Bertz CT molecular complexity index is 340. The fourth-order valence-electron chi connectivity index (χ4n) is 1.88. The molecule has 1 aliphatic heterocycles. The summed E-state index contributed by atoms with van der Waals surface area (Å²) in [6, 6.07) is 4.52. The molecule has 2 atom stereocenters. The van der Waals surface area contributed by atoms with Crippen molar-refractivity contribution >= 4 is 0 Å². The van der Waals surface area contributed by atoms with Gasteiger partial charge in [-0.15, -0.1) is 0 Å². The molecule has 1 heterocycles. The van der Waals surface area contributed by atoms with Crippen LogP contribution >= 0.6 is 0 Å². The van der Waals surface area contributed by atoms with Gasteiger partial charge < -0.3 is 10.5 Å². The van der Waals surface area contributed by atoms with Crippen molar-refractivity contribution < 1.29 is 9.13 Å². The molecule has 14 heavy (non-hydrogen) atoms. The SMILES string of the molecule is CC[C@@H]1OCc2ccc(F)cc2[C@@H]1N. The molecule has 1 aliphatic rings. The zero-order valence-electron chi connectivity index (χ0n) is 8.16. The Kier molecular flexibility index (Phi) is 2.52. The number of nitrogens with two attached hydrogens (primary N) is 1. The minimum absolute atomic E-state index is 0.0179. The minimum Gasteiger partial charge on any atom is -0.372 e. The van der Waals surface area contributed by atoms with Crippen LogP contribution in [-0.4, -0.2) is 6.10 Å². The van der Waals surface area contributed by atoms with Crippen LogP contribution in [0.4, 0.5) is 4.39 Å². The molecule has 0 saturated carbocycles. The topological polar surface area (TPSA) is 35.2 Å². The van der Waals surface area contributed by atoms with E-state index in [2.05, 4.69) is 0 Å². The third-order valence-corrected chi connectivity index (χ3v) is 2.72. The molecule has 3 heteroatoms. The van der Waals surface area contributed by atoms with E-state index in [4.69, 9.17) is 10.5 Å². The maximum absolute atomic E-state index is 13.0. The Morgan fingerprint density at radius 1 is 1.57 bits per heavy atom. The van der Waals surface area contributed by atoms with E-state index in [1.807, 2.05) is 6.92 Å². The molecule has 0 spiro atoms. The molecule has 0 saturated heterocycles. The summed E-state index contributed by atoms with van der Waals surface area (Å²) in [6.45, 7) is 2.57. The summed E-state index contributed by atoms with van der Waals surface area (Å²) in [6.07, 6.45) is 0.876. The van der Waals surface area contributed by atoms with Gasteiger partial charge in [0.1, 0.15) is 5.82 Å². The summed E-state index contributed by atoms with van der Waals surface area (Å²) in [7, 11) is 0. The van der Waals surface area contributed by atoms with Crippen LogP contribution in [0.1, 0.15) is 30.5 Å². The fourth-order valence-corrected chi connectivity index (χ4v) is 1.88. The third kappa shape index (κ3) is 1.53. The smallest absolute Gasteiger partial charge is 0.123 e. The molecular formula is C11H14FNO. The first kappa shape index (κ1) is 9.62. The number of hydrogen-bond acceptors (Lipinski definition) is 2. The summed E-state index contributed by atoms with van der Waals surface area (Å²) >= 11 is 0. The Hall–Kier alpha value is -0.930. The molecule has 2 rings (SSSR count). The lowest BCUT2D eigenvalue weighted by molar-refractivity contribution is 0.00666. The first-order chi connectivity index (χ1) is 6.72. The molecule has 76 valence electrons. The Morgan fingerprint density at radius 2 is 2.36 bits per heavy atom. The first-order valence-electron chi connectivity index (χ1n) is 4.88. The Labute approximate surface area is 82.9 Å². The van der Waals surface area contributed by atoms with Crippen LogP contribution < -0.4 is 5.73 Å². The molecule has 0 unspecified atom stereocenters. The average Bonchev–Trinajstić information content (AvgIpc) is 2.20. The highest BCUT2D eigenvalue weighted by atomic mass is 19.1. The van der Waals surface area contributed by atoms with Crippen LogP contribution in [0.15, 0.2) is 18.2 Å². The Balaban J connectivity index is 2.38. The summed E-state index contributed by atoms with van der Waals surface area (Å²) in [4.78, 5) is 0. The van der Waals surface area contributed by atoms with Gasteiger partial charge in [-0.3, -0.25) is 0 Å². The van der Waals surface area contributed by atoms with Crippen molar-refractivity contribution in [1.29, 1.82) is 0 Å². The van der Waals surface area contributed by atoms with Crippen LogP contribution in [0, 0.1) is 5.82 Å². The van der Waals surface area contributed by atoms with E-state index < -0.39 is 0 Å². The van der Waals surface area contributed by atoms with Gasteiger partial charge in [0, 0.05) is 0 Å². The summed E-state index contributed by atoms with van der Waals surface area (Å²) in [5, 5.41) is 0. The second-order valence-corrected chi connectivity index (χ2v) is 3.63. The average molecular weight is 195 g/mol. The summed E-state index contributed by atoms with van der Waals surface area (Å²) in [5.74, 6) is -0.226. The molecule has 0 fully saturated rings. The van der Waals surface area contributed by atoms with Crippen molar-refractivity contribution in [2.24, 2.45) is 5.73 Å². The second kappa shape index (κ2) is 3.67. The van der Waals surface area contributed by atoms with Crippen LogP contribution in [0.25, 0.3) is 0 Å². The van der Waals surface area contributed by atoms with E-state index in [-0.39, 0.29) is 18.0 Å². The van der Waals surface area contributed by atoms with Gasteiger partial charge in [0.05, 0.1) is 18.8 Å². The lowest BCUT2D eigenvalue weighted by Gasteiger charge is -2.30. The standard InChI is InChI=1S/C11H14FNO/c1-2-10-11(13)9-5-8(12)4-3-7(9)6-14-10/h3-5,10-11H,2,6,13H2,1H3/t10-,11-/m0/s1. The predicted octanol–water partition coefficient (Wildman–Crippen LogP) is 2.13. The lowest BCUT2D eigenvalue weighted by atomic mass is 9.93. The monoisotopic (exact) mass is 195 g/mol. The molecule has 2 N–H and O–H groups in total. The predicted molar refractivity (Wildman–Crippen MR) is 52.2 cm³/mol. The van der Waals surface area contributed by atoms with Gasteiger partial charge in [0.25, 0.3) is 0 Å². The van der Waals surface area contributed by atoms with E-state index in [0.717, 1.165) is 17.5 Å². The van der Waals surface area contributed by atoms with Gasteiger partial charge in [-0.2, -0.15) is 0 Å². The molecule has 2 nitrogen and oxygen atoms in total. The third-order valence-electron chi connectivity index (χ3n) is 2.72. The lowest BCUT2D eigenvalue weighted by Crippen LogP contribution is -2.33. The molecule has 0 amide bonds. The van der Waals surface area contributed by atoms with Gasteiger partial charge in [-0.1, -0.05) is 13.0 Å². The number of rotatable bonds is 1. The fraction of sp³-hybridized carbons (Fsp3) is 0.455.